The van der Waals surface area contributed by atoms with E-state index in [-0.39, 0.29) is 17.9 Å². The number of para-hydroxylation sites is 1. The maximum Gasteiger partial charge on any atom is 0.272 e. The molecule has 0 bridgehead atoms. The molecule has 1 heterocycles. The number of ether oxygens (including phenoxy) is 1. The first-order valence-corrected chi connectivity index (χ1v) is 9.12. The average Bonchev–Trinajstić information content (AvgIpc) is 2.55. The van der Waals surface area contributed by atoms with E-state index >= 15 is 0 Å². The van der Waals surface area contributed by atoms with Crippen LogP contribution in [0.5, 0.6) is 5.75 Å². The van der Waals surface area contributed by atoms with Gasteiger partial charge in [-0.3, -0.25) is 4.79 Å². The number of fused-ring (bicyclic) bond motifs is 1. The molecule has 0 radical (unpaired) electrons. The van der Waals surface area contributed by atoms with E-state index in [9.17, 15) is 9.90 Å². The molecule has 1 saturated carbocycles. The molecule has 1 amide bonds. The van der Waals surface area contributed by atoms with Crippen LogP contribution in [0.1, 0.15) is 50.6 Å². The predicted molar refractivity (Wildman–Crippen MR) is 91.8 cm³/mol. The average molecular weight is 333 g/mol. The Kier molecular flexibility index (Phi) is 5.11. The molecule has 4 N–H and O–H groups in total. The third-order valence-electron chi connectivity index (χ3n) is 5.74. The summed E-state index contributed by atoms with van der Waals surface area (Å²) in [6, 6.07) is 8.10. The molecule has 1 aliphatic carbocycles. The van der Waals surface area contributed by atoms with Crippen LogP contribution in [-0.2, 0) is 4.79 Å². The molecule has 1 aromatic rings. The van der Waals surface area contributed by atoms with Crippen LogP contribution in [0, 0.1) is 5.92 Å². The minimum atomic E-state index is -0.622. The van der Waals surface area contributed by atoms with Gasteiger partial charge in [-0.25, -0.2) is 0 Å². The van der Waals surface area contributed by atoms with Crippen molar-refractivity contribution in [2.24, 2.45) is 11.7 Å². The highest BCUT2D eigenvalue weighted by Gasteiger charge is 2.52. The van der Waals surface area contributed by atoms with Gasteiger partial charge in [-0.15, -0.1) is 0 Å². The van der Waals surface area contributed by atoms with Crippen LogP contribution in [-0.4, -0.2) is 36.3 Å². The standard InChI is InChI=1S/C19H28N2O3/c1-2-24-16-9-4-3-7-14(16)18-15-8-5-6-10-19(15,23)11-12-21(18)13-17(20)22/h3-4,7,9,15,18,23H,2,5-6,8,10-13H2,1H3,(H2,20,22)/p+1/t15-,18+,19-/m0/s1. The van der Waals surface area contributed by atoms with Crippen molar-refractivity contribution in [1.82, 2.24) is 0 Å². The number of nitrogens with one attached hydrogen (secondary N) is 1. The van der Waals surface area contributed by atoms with Gasteiger partial charge in [-0.2, -0.15) is 0 Å². The highest BCUT2D eigenvalue weighted by molar-refractivity contribution is 5.74. The number of quaternary nitrogens is 1. The van der Waals surface area contributed by atoms with Crippen molar-refractivity contribution < 1.29 is 19.5 Å². The number of nitrogens with two attached hydrogens (primary N) is 1. The van der Waals surface area contributed by atoms with Gasteiger partial charge in [0.2, 0.25) is 0 Å². The van der Waals surface area contributed by atoms with Crippen molar-refractivity contribution in [1.29, 1.82) is 0 Å². The minimum Gasteiger partial charge on any atom is -0.493 e. The van der Waals surface area contributed by atoms with E-state index in [0.717, 1.165) is 54.9 Å². The zero-order chi connectivity index (χ0) is 17.2. The molecule has 1 aromatic carbocycles. The van der Waals surface area contributed by atoms with Gasteiger partial charge in [-0.05, 0) is 31.9 Å². The van der Waals surface area contributed by atoms with Crippen LogP contribution < -0.4 is 15.4 Å². The Bertz CT molecular complexity index is 592. The number of aliphatic hydroxyl groups is 1. The molecule has 2 aliphatic rings. The van der Waals surface area contributed by atoms with E-state index < -0.39 is 5.60 Å². The first kappa shape index (κ1) is 17.2. The van der Waals surface area contributed by atoms with E-state index in [1.165, 1.54) is 0 Å². The zero-order valence-electron chi connectivity index (χ0n) is 14.5. The molecule has 1 aliphatic heterocycles. The fourth-order valence-corrected chi connectivity index (χ4v) is 4.74. The molecule has 1 unspecified atom stereocenters. The zero-order valence-corrected chi connectivity index (χ0v) is 14.5. The number of benzene rings is 1. The van der Waals surface area contributed by atoms with E-state index in [0.29, 0.717) is 13.2 Å². The summed E-state index contributed by atoms with van der Waals surface area (Å²) in [6.45, 7) is 3.64. The predicted octanol–water partition coefficient (Wildman–Crippen LogP) is 0.822. The van der Waals surface area contributed by atoms with Crippen LogP contribution in [0.2, 0.25) is 0 Å². The third-order valence-corrected chi connectivity index (χ3v) is 5.74. The summed E-state index contributed by atoms with van der Waals surface area (Å²) in [4.78, 5) is 12.8. The van der Waals surface area contributed by atoms with Crippen molar-refractivity contribution in [3.05, 3.63) is 29.8 Å². The second kappa shape index (κ2) is 7.11. The Hall–Kier alpha value is -1.59. The molecule has 0 spiro atoms. The number of primary amides is 1. The molecular weight excluding hydrogens is 304 g/mol. The molecule has 0 aromatic heterocycles. The van der Waals surface area contributed by atoms with E-state index in [1.54, 1.807) is 0 Å². The molecular formula is C19H29N2O3+. The summed E-state index contributed by atoms with van der Waals surface area (Å²) in [5.74, 6) is 0.725. The first-order valence-electron chi connectivity index (χ1n) is 9.12. The molecule has 5 nitrogen and oxygen atoms in total. The van der Waals surface area contributed by atoms with Gasteiger partial charge in [0.1, 0.15) is 11.8 Å². The molecule has 24 heavy (non-hydrogen) atoms. The number of carbonyl (C=O) groups excluding carboxylic acids is 1. The van der Waals surface area contributed by atoms with Crippen molar-refractivity contribution in [3.8, 4) is 5.75 Å². The number of likely N-dealkylation sites (tertiary alicyclic amines) is 1. The summed E-state index contributed by atoms with van der Waals surface area (Å²) in [5, 5.41) is 11.2. The second-order valence-corrected chi connectivity index (χ2v) is 7.21. The lowest BCUT2D eigenvalue weighted by atomic mass is 9.66. The van der Waals surface area contributed by atoms with Crippen molar-refractivity contribution in [2.45, 2.75) is 50.7 Å². The summed E-state index contributed by atoms with van der Waals surface area (Å²) >= 11 is 0. The lowest BCUT2D eigenvalue weighted by Gasteiger charge is -2.50. The SMILES string of the molecule is CCOc1ccccc1[C@@H]1[C@@H]2CCCC[C@]2(O)CC[NH+]1CC(N)=O. The number of hydrogen-bond acceptors (Lipinski definition) is 3. The molecule has 132 valence electrons. The Morgan fingerprint density at radius 2 is 2.17 bits per heavy atom. The number of hydrogen-bond donors (Lipinski definition) is 3. The number of amides is 1. The summed E-state index contributed by atoms with van der Waals surface area (Å²) < 4.78 is 5.85. The van der Waals surface area contributed by atoms with Gasteiger partial charge in [0.05, 0.1) is 24.3 Å². The maximum absolute atomic E-state index is 11.6. The van der Waals surface area contributed by atoms with Crippen LogP contribution in [0.25, 0.3) is 0 Å². The monoisotopic (exact) mass is 333 g/mol. The van der Waals surface area contributed by atoms with E-state index in [1.807, 2.05) is 25.1 Å². The molecule has 2 fully saturated rings. The normalized spacial score (nSPS) is 32.8. The highest BCUT2D eigenvalue weighted by Crippen LogP contribution is 2.45. The summed E-state index contributed by atoms with van der Waals surface area (Å²) in [5.41, 5.74) is 5.98. The smallest absolute Gasteiger partial charge is 0.272 e. The van der Waals surface area contributed by atoms with Gasteiger partial charge in [-0.1, -0.05) is 25.0 Å². The van der Waals surface area contributed by atoms with E-state index in [2.05, 4.69) is 6.07 Å². The third kappa shape index (κ3) is 3.28. The Morgan fingerprint density at radius 1 is 1.38 bits per heavy atom. The number of carbonyl (C=O) groups is 1. The number of rotatable bonds is 5. The number of piperidine rings is 1. The molecule has 5 heteroatoms. The molecule has 3 rings (SSSR count). The van der Waals surface area contributed by atoms with Crippen LogP contribution in [0.4, 0.5) is 0 Å². The fourth-order valence-electron chi connectivity index (χ4n) is 4.74. The Balaban J connectivity index is 2.01. The topological polar surface area (TPSA) is 77.0 Å². The van der Waals surface area contributed by atoms with Gasteiger partial charge < -0.3 is 20.5 Å². The highest BCUT2D eigenvalue weighted by atomic mass is 16.5. The Morgan fingerprint density at radius 3 is 2.92 bits per heavy atom. The van der Waals surface area contributed by atoms with Gasteiger partial charge in [0.15, 0.2) is 6.54 Å². The van der Waals surface area contributed by atoms with Crippen LogP contribution in [0.3, 0.4) is 0 Å². The molecule has 1 saturated heterocycles. The second-order valence-electron chi connectivity index (χ2n) is 7.21. The van der Waals surface area contributed by atoms with Crippen molar-refractivity contribution >= 4 is 5.91 Å². The van der Waals surface area contributed by atoms with Gasteiger partial charge >= 0.3 is 0 Å². The quantitative estimate of drug-likeness (QED) is 0.747. The van der Waals surface area contributed by atoms with E-state index in [4.69, 9.17) is 10.5 Å². The first-order chi connectivity index (χ1) is 11.5. The van der Waals surface area contributed by atoms with Crippen molar-refractivity contribution in [2.75, 3.05) is 19.7 Å². The lowest BCUT2D eigenvalue weighted by Crippen LogP contribution is -3.16. The van der Waals surface area contributed by atoms with Crippen molar-refractivity contribution in [3.63, 3.8) is 0 Å². The largest absolute Gasteiger partial charge is 0.493 e. The Labute approximate surface area is 143 Å². The van der Waals surface area contributed by atoms with Crippen LogP contribution in [0.15, 0.2) is 24.3 Å². The maximum atomic E-state index is 11.6. The summed E-state index contributed by atoms with van der Waals surface area (Å²) in [6.07, 6.45) is 4.80. The lowest BCUT2D eigenvalue weighted by molar-refractivity contribution is -0.937. The molecule has 4 atom stereocenters. The van der Waals surface area contributed by atoms with Gasteiger partial charge in [0.25, 0.3) is 5.91 Å². The minimum absolute atomic E-state index is 0.0549. The fraction of sp³-hybridized carbons (Fsp3) is 0.632. The van der Waals surface area contributed by atoms with Gasteiger partial charge in [0, 0.05) is 12.3 Å². The van der Waals surface area contributed by atoms with Crippen LogP contribution >= 0.6 is 0 Å². The summed E-state index contributed by atoms with van der Waals surface area (Å²) in [7, 11) is 0.